The van der Waals surface area contributed by atoms with Gasteiger partial charge in [-0.2, -0.15) is 0 Å². The molecule has 1 aliphatic carbocycles. The van der Waals surface area contributed by atoms with E-state index in [1.165, 1.54) is 6.42 Å². The highest BCUT2D eigenvalue weighted by molar-refractivity contribution is 5.88. The van der Waals surface area contributed by atoms with Crippen LogP contribution in [0.5, 0.6) is 0 Å². The number of hydrogen-bond acceptors (Lipinski definition) is 2. The Labute approximate surface area is 127 Å². The summed E-state index contributed by atoms with van der Waals surface area (Å²) in [4.78, 5) is 12.7. The number of carbonyl (C=O) groups excluding carboxylic acids is 1. The van der Waals surface area contributed by atoms with Gasteiger partial charge < -0.3 is 5.11 Å². The minimum absolute atomic E-state index is 0.0377. The monoisotopic (exact) mass is 284 g/mol. The third-order valence-corrected chi connectivity index (χ3v) is 4.49. The summed E-state index contributed by atoms with van der Waals surface area (Å²) in [6.07, 6.45) is 6.10. The first-order chi connectivity index (χ1) is 10.2. The molecular weight excluding hydrogens is 260 g/mol. The molecule has 1 unspecified atom stereocenters. The lowest BCUT2D eigenvalue weighted by Gasteiger charge is -2.37. The molecule has 1 saturated carbocycles. The largest absolute Gasteiger partial charge is 0.377 e. The molecule has 2 nitrogen and oxygen atoms in total. The van der Waals surface area contributed by atoms with Gasteiger partial charge in [0.1, 0.15) is 0 Å². The molecule has 0 heterocycles. The van der Waals surface area contributed by atoms with Crippen molar-refractivity contribution in [2.45, 2.75) is 57.5 Å². The average Bonchev–Trinajstić information content (AvgIpc) is 2.56. The van der Waals surface area contributed by atoms with Crippen LogP contribution in [-0.2, 0) is 10.4 Å². The molecule has 0 amide bonds. The Hall–Kier alpha value is -1.59. The standard InChI is InChI=1S/C19H24O2/c1-2-3-6-15-18(20)19(21,16-11-7-4-8-12-16)17-13-9-5-10-14-17/h4,7-8,11-12,17,21H,5-6,9-10,13-15H2,1H3. The van der Waals surface area contributed by atoms with Gasteiger partial charge in [0.05, 0.1) is 0 Å². The summed E-state index contributed by atoms with van der Waals surface area (Å²) in [5.41, 5.74) is -0.594. The van der Waals surface area contributed by atoms with Crippen molar-refractivity contribution < 1.29 is 9.90 Å². The number of hydrogen-bond donors (Lipinski definition) is 1. The van der Waals surface area contributed by atoms with E-state index >= 15 is 0 Å². The minimum atomic E-state index is -1.34. The first-order valence-corrected chi connectivity index (χ1v) is 7.90. The van der Waals surface area contributed by atoms with E-state index in [9.17, 15) is 9.90 Å². The number of ketones is 1. The van der Waals surface area contributed by atoms with Crippen molar-refractivity contribution in [3.05, 3.63) is 35.9 Å². The summed E-state index contributed by atoms with van der Waals surface area (Å²) in [6.45, 7) is 1.77. The summed E-state index contributed by atoms with van der Waals surface area (Å²) >= 11 is 0. The number of benzene rings is 1. The molecule has 2 rings (SSSR count). The average molecular weight is 284 g/mol. The van der Waals surface area contributed by atoms with E-state index in [2.05, 4.69) is 11.8 Å². The van der Waals surface area contributed by atoms with Gasteiger partial charge in [-0.1, -0.05) is 49.6 Å². The molecular formula is C19H24O2. The molecule has 1 aromatic rings. The van der Waals surface area contributed by atoms with Crippen LogP contribution in [0.1, 0.15) is 57.4 Å². The summed E-state index contributed by atoms with van der Waals surface area (Å²) in [7, 11) is 0. The SMILES string of the molecule is CC#CCCC(=O)C(O)(c1ccccc1)C1CCCCC1. The van der Waals surface area contributed by atoms with Gasteiger partial charge >= 0.3 is 0 Å². The second-order valence-corrected chi connectivity index (χ2v) is 5.82. The fourth-order valence-corrected chi connectivity index (χ4v) is 3.33. The van der Waals surface area contributed by atoms with Crippen LogP contribution in [0.2, 0.25) is 0 Å². The molecule has 1 aliphatic rings. The molecule has 2 heteroatoms. The zero-order chi connectivity index (χ0) is 15.1. The normalized spacial score (nSPS) is 18.4. The third kappa shape index (κ3) is 3.54. The van der Waals surface area contributed by atoms with Gasteiger partial charge in [-0.05, 0) is 31.2 Å². The Morgan fingerprint density at radius 3 is 2.52 bits per heavy atom. The van der Waals surface area contributed by atoms with Gasteiger partial charge in [-0.15, -0.1) is 11.8 Å². The van der Waals surface area contributed by atoms with Crippen LogP contribution in [0.3, 0.4) is 0 Å². The molecule has 0 radical (unpaired) electrons. The van der Waals surface area contributed by atoms with Crippen molar-refractivity contribution in [3.8, 4) is 11.8 Å². The predicted octanol–water partition coefficient (Wildman–Crippen LogP) is 3.83. The molecule has 0 saturated heterocycles. The molecule has 112 valence electrons. The van der Waals surface area contributed by atoms with Crippen LogP contribution in [-0.4, -0.2) is 10.9 Å². The van der Waals surface area contributed by atoms with E-state index in [-0.39, 0.29) is 11.7 Å². The Kier molecular flexibility index (Phi) is 5.59. The number of Topliss-reactive ketones (excluding diaryl/α,β-unsaturated/α-hetero) is 1. The van der Waals surface area contributed by atoms with Crippen LogP contribution >= 0.6 is 0 Å². The molecule has 0 aromatic heterocycles. The lowest BCUT2D eigenvalue weighted by Crippen LogP contribution is -2.44. The molecule has 1 fully saturated rings. The quantitative estimate of drug-likeness (QED) is 0.834. The predicted molar refractivity (Wildman–Crippen MR) is 84.6 cm³/mol. The molecule has 1 N–H and O–H groups in total. The lowest BCUT2D eigenvalue weighted by molar-refractivity contribution is -0.146. The Morgan fingerprint density at radius 2 is 1.90 bits per heavy atom. The van der Waals surface area contributed by atoms with Gasteiger partial charge in [0.25, 0.3) is 0 Å². The zero-order valence-electron chi connectivity index (χ0n) is 12.8. The van der Waals surface area contributed by atoms with Crippen LogP contribution in [0, 0.1) is 17.8 Å². The van der Waals surface area contributed by atoms with Crippen molar-refractivity contribution in [1.82, 2.24) is 0 Å². The Bertz CT molecular complexity index is 517. The third-order valence-electron chi connectivity index (χ3n) is 4.49. The van der Waals surface area contributed by atoms with Crippen molar-refractivity contribution in [1.29, 1.82) is 0 Å². The smallest absolute Gasteiger partial charge is 0.170 e. The molecule has 0 spiro atoms. The Morgan fingerprint density at radius 1 is 1.24 bits per heavy atom. The molecule has 21 heavy (non-hydrogen) atoms. The first kappa shape index (κ1) is 15.8. The van der Waals surface area contributed by atoms with Crippen LogP contribution < -0.4 is 0 Å². The van der Waals surface area contributed by atoms with Crippen molar-refractivity contribution in [3.63, 3.8) is 0 Å². The fraction of sp³-hybridized carbons (Fsp3) is 0.526. The van der Waals surface area contributed by atoms with Gasteiger partial charge in [0.2, 0.25) is 0 Å². The minimum Gasteiger partial charge on any atom is -0.377 e. The van der Waals surface area contributed by atoms with E-state index in [1.807, 2.05) is 30.3 Å². The molecule has 0 aliphatic heterocycles. The summed E-state index contributed by atoms with van der Waals surface area (Å²) in [5.74, 6) is 5.69. The maximum Gasteiger partial charge on any atom is 0.170 e. The van der Waals surface area contributed by atoms with Crippen LogP contribution in [0.15, 0.2) is 30.3 Å². The maximum atomic E-state index is 12.7. The maximum absolute atomic E-state index is 12.7. The number of carbonyl (C=O) groups is 1. The van der Waals surface area contributed by atoms with E-state index in [0.29, 0.717) is 12.8 Å². The highest BCUT2D eigenvalue weighted by Gasteiger charge is 2.44. The number of aliphatic hydroxyl groups is 1. The second kappa shape index (κ2) is 7.43. The Balaban J connectivity index is 2.28. The van der Waals surface area contributed by atoms with Crippen molar-refractivity contribution >= 4 is 5.78 Å². The molecule has 1 atom stereocenters. The number of rotatable bonds is 5. The second-order valence-electron chi connectivity index (χ2n) is 5.82. The lowest BCUT2D eigenvalue weighted by atomic mass is 9.70. The zero-order valence-corrected chi connectivity index (χ0v) is 12.8. The summed E-state index contributed by atoms with van der Waals surface area (Å²) in [5, 5.41) is 11.3. The van der Waals surface area contributed by atoms with Gasteiger partial charge in [-0.25, -0.2) is 0 Å². The van der Waals surface area contributed by atoms with Crippen molar-refractivity contribution in [2.75, 3.05) is 0 Å². The van der Waals surface area contributed by atoms with Gasteiger partial charge in [0.15, 0.2) is 11.4 Å². The summed E-state index contributed by atoms with van der Waals surface area (Å²) in [6, 6.07) is 9.44. The topological polar surface area (TPSA) is 37.3 Å². The highest BCUT2D eigenvalue weighted by Crippen LogP contribution is 2.40. The van der Waals surface area contributed by atoms with Crippen molar-refractivity contribution in [2.24, 2.45) is 5.92 Å². The highest BCUT2D eigenvalue weighted by atomic mass is 16.3. The fourth-order valence-electron chi connectivity index (χ4n) is 3.33. The van der Waals surface area contributed by atoms with Gasteiger partial charge in [0, 0.05) is 12.8 Å². The summed E-state index contributed by atoms with van der Waals surface area (Å²) < 4.78 is 0. The van der Waals surface area contributed by atoms with Gasteiger partial charge in [-0.3, -0.25) is 4.79 Å². The first-order valence-electron chi connectivity index (χ1n) is 7.90. The van der Waals surface area contributed by atoms with Crippen LogP contribution in [0.4, 0.5) is 0 Å². The van der Waals surface area contributed by atoms with Crippen LogP contribution in [0.25, 0.3) is 0 Å². The van der Waals surface area contributed by atoms with E-state index in [0.717, 1.165) is 31.2 Å². The van der Waals surface area contributed by atoms with E-state index in [4.69, 9.17) is 0 Å². The molecule has 0 bridgehead atoms. The van der Waals surface area contributed by atoms with E-state index in [1.54, 1.807) is 6.92 Å². The molecule has 1 aromatic carbocycles. The van der Waals surface area contributed by atoms with E-state index < -0.39 is 5.60 Å².